The lowest BCUT2D eigenvalue weighted by Gasteiger charge is -2.32. The van der Waals surface area contributed by atoms with E-state index in [1.165, 1.54) is 23.1 Å². The Balaban J connectivity index is 2.43. The molecule has 2 rings (SSSR count). The monoisotopic (exact) mass is 581 g/mol. The SMILES string of the molecule is CC[C@H](C)NC(=O)[C@@H](C)N(Cc1ccc(Cl)c(Cl)c1)C(=O)CN(c1ccc(Cl)c(Cl)c1)S(C)(=O)=O. The van der Waals surface area contributed by atoms with E-state index in [2.05, 4.69) is 5.32 Å². The van der Waals surface area contributed by atoms with Crippen LogP contribution in [0.5, 0.6) is 0 Å². The van der Waals surface area contributed by atoms with Gasteiger partial charge in [-0.25, -0.2) is 8.42 Å². The van der Waals surface area contributed by atoms with Crippen molar-refractivity contribution in [1.29, 1.82) is 0 Å². The van der Waals surface area contributed by atoms with Crippen LogP contribution >= 0.6 is 46.4 Å². The summed E-state index contributed by atoms with van der Waals surface area (Å²) in [5.41, 5.74) is 0.790. The second kappa shape index (κ2) is 12.5. The molecule has 0 aromatic heterocycles. The molecule has 7 nitrogen and oxygen atoms in total. The van der Waals surface area contributed by atoms with Crippen molar-refractivity contribution in [1.82, 2.24) is 10.2 Å². The van der Waals surface area contributed by atoms with Crippen molar-refractivity contribution in [3.8, 4) is 0 Å². The maximum absolute atomic E-state index is 13.5. The van der Waals surface area contributed by atoms with Gasteiger partial charge in [0.05, 0.1) is 32.0 Å². The van der Waals surface area contributed by atoms with Crippen LogP contribution in [0.15, 0.2) is 36.4 Å². The quantitative estimate of drug-likeness (QED) is 0.406. The highest BCUT2D eigenvalue weighted by atomic mass is 35.5. The maximum Gasteiger partial charge on any atom is 0.244 e. The van der Waals surface area contributed by atoms with Gasteiger partial charge in [-0.05, 0) is 56.2 Å². The van der Waals surface area contributed by atoms with Crippen molar-refractivity contribution in [3.63, 3.8) is 0 Å². The van der Waals surface area contributed by atoms with Gasteiger partial charge in [0.25, 0.3) is 0 Å². The number of benzene rings is 2. The number of carbonyl (C=O) groups excluding carboxylic acids is 2. The molecule has 0 aliphatic rings. The van der Waals surface area contributed by atoms with Crippen LogP contribution < -0.4 is 9.62 Å². The summed E-state index contributed by atoms with van der Waals surface area (Å²) >= 11 is 24.2. The number of anilines is 1. The van der Waals surface area contributed by atoms with Crippen LogP contribution in [0.4, 0.5) is 5.69 Å². The average molecular weight is 583 g/mol. The molecule has 0 bridgehead atoms. The Morgan fingerprint density at radius 1 is 0.943 bits per heavy atom. The molecule has 0 unspecified atom stereocenters. The number of nitrogens with one attached hydrogen (secondary N) is 1. The Hall–Kier alpha value is -1.71. The van der Waals surface area contributed by atoms with Crippen molar-refractivity contribution in [2.24, 2.45) is 0 Å². The fourth-order valence-electron chi connectivity index (χ4n) is 3.14. The Bertz CT molecular complexity index is 1190. The van der Waals surface area contributed by atoms with Crippen molar-refractivity contribution >= 4 is 73.9 Å². The molecular formula is C23H27Cl4N3O4S. The Labute approximate surface area is 226 Å². The molecule has 0 radical (unpaired) electrons. The van der Waals surface area contributed by atoms with Crippen LogP contribution in [-0.4, -0.2) is 50.0 Å². The molecule has 0 aliphatic carbocycles. The smallest absolute Gasteiger partial charge is 0.244 e. The van der Waals surface area contributed by atoms with Crippen LogP contribution in [-0.2, 0) is 26.2 Å². The molecule has 0 aliphatic heterocycles. The number of rotatable bonds is 10. The fourth-order valence-corrected chi connectivity index (χ4v) is 4.59. The number of amides is 2. The van der Waals surface area contributed by atoms with Gasteiger partial charge in [0, 0.05) is 12.6 Å². The van der Waals surface area contributed by atoms with Gasteiger partial charge >= 0.3 is 0 Å². The summed E-state index contributed by atoms with van der Waals surface area (Å²) in [6.07, 6.45) is 1.68. The first kappa shape index (κ1) is 29.5. The summed E-state index contributed by atoms with van der Waals surface area (Å²) in [5, 5.41) is 3.88. The van der Waals surface area contributed by atoms with Crippen LogP contribution in [0.1, 0.15) is 32.8 Å². The second-order valence-corrected chi connectivity index (χ2v) is 11.7. The van der Waals surface area contributed by atoms with Gasteiger partial charge in [0.1, 0.15) is 12.6 Å². The highest BCUT2D eigenvalue weighted by Crippen LogP contribution is 2.29. The van der Waals surface area contributed by atoms with E-state index < -0.39 is 28.5 Å². The zero-order chi connectivity index (χ0) is 26.5. The van der Waals surface area contributed by atoms with Gasteiger partial charge < -0.3 is 10.2 Å². The van der Waals surface area contributed by atoms with E-state index in [0.717, 1.165) is 10.6 Å². The van der Waals surface area contributed by atoms with Crippen LogP contribution in [0.2, 0.25) is 20.1 Å². The van der Waals surface area contributed by atoms with Gasteiger partial charge in [-0.2, -0.15) is 0 Å². The molecule has 0 fully saturated rings. The number of nitrogens with zero attached hydrogens (tertiary/aromatic N) is 2. The summed E-state index contributed by atoms with van der Waals surface area (Å²) < 4.78 is 26.1. The minimum absolute atomic E-state index is 0.00376. The molecule has 2 amide bonds. The van der Waals surface area contributed by atoms with E-state index in [1.807, 2.05) is 13.8 Å². The lowest BCUT2D eigenvalue weighted by molar-refractivity contribution is -0.139. The number of sulfonamides is 1. The molecule has 0 saturated carbocycles. The number of hydrogen-bond donors (Lipinski definition) is 1. The first-order chi connectivity index (χ1) is 16.2. The minimum Gasteiger partial charge on any atom is -0.352 e. The molecule has 1 N–H and O–H groups in total. The highest BCUT2D eigenvalue weighted by molar-refractivity contribution is 7.92. The van der Waals surface area contributed by atoms with Gasteiger partial charge in [-0.15, -0.1) is 0 Å². The standard InChI is InChI=1S/C23H27Cl4N3O4S/c1-5-14(2)28-23(32)15(3)29(12-16-6-8-18(24)20(26)10-16)22(31)13-30(35(4,33)34)17-7-9-19(25)21(27)11-17/h6-11,14-15H,5,12-13H2,1-4H3,(H,28,32)/t14-,15+/m0/s1. The third-order valence-corrected chi connectivity index (χ3v) is 7.99. The van der Waals surface area contributed by atoms with E-state index in [4.69, 9.17) is 46.4 Å². The zero-order valence-corrected chi connectivity index (χ0v) is 23.5. The largest absolute Gasteiger partial charge is 0.352 e. The molecular weight excluding hydrogens is 556 g/mol. The summed E-state index contributed by atoms with van der Waals surface area (Å²) in [6.45, 7) is 4.81. The predicted molar refractivity (Wildman–Crippen MR) is 143 cm³/mol. The van der Waals surface area contributed by atoms with E-state index in [1.54, 1.807) is 25.1 Å². The number of carbonyl (C=O) groups is 2. The molecule has 0 saturated heterocycles. The van der Waals surface area contributed by atoms with Crippen molar-refractivity contribution in [2.75, 3.05) is 17.1 Å². The second-order valence-electron chi connectivity index (χ2n) is 8.13. The summed E-state index contributed by atoms with van der Waals surface area (Å²) in [5.74, 6) is -0.965. The van der Waals surface area contributed by atoms with E-state index >= 15 is 0 Å². The molecule has 192 valence electrons. The van der Waals surface area contributed by atoms with E-state index in [-0.39, 0.29) is 34.2 Å². The fraction of sp³-hybridized carbons (Fsp3) is 0.391. The normalized spacial score (nSPS) is 13.1. The maximum atomic E-state index is 13.5. The van der Waals surface area contributed by atoms with Gasteiger partial charge in [-0.3, -0.25) is 13.9 Å². The van der Waals surface area contributed by atoms with Crippen LogP contribution in [0.3, 0.4) is 0 Å². The Morgan fingerprint density at radius 2 is 1.51 bits per heavy atom. The third-order valence-electron chi connectivity index (χ3n) is 5.38. The van der Waals surface area contributed by atoms with E-state index in [9.17, 15) is 18.0 Å². The Kier molecular flexibility index (Phi) is 10.5. The van der Waals surface area contributed by atoms with Crippen molar-refractivity contribution in [2.45, 2.75) is 45.8 Å². The lowest BCUT2D eigenvalue weighted by Crippen LogP contribution is -2.52. The number of halogens is 4. The van der Waals surface area contributed by atoms with Gasteiger partial charge in [-0.1, -0.05) is 59.4 Å². The summed E-state index contributed by atoms with van der Waals surface area (Å²) in [6, 6.07) is 8.11. The molecule has 2 aromatic carbocycles. The Morgan fingerprint density at radius 3 is 2.03 bits per heavy atom. The summed E-state index contributed by atoms with van der Waals surface area (Å²) in [4.78, 5) is 27.7. The molecule has 0 spiro atoms. The summed E-state index contributed by atoms with van der Waals surface area (Å²) in [7, 11) is -3.89. The van der Waals surface area contributed by atoms with Gasteiger partial charge in [0.2, 0.25) is 21.8 Å². The van der Waals surface area contributed by atoms with E-state index in [0.29, 0.717) is 22.0 Å². The van der Waals surface area contributed by atoms with Crippen molar-refractivity contribution in [3.05, 3.63) is 62.1 Å². The zero-order valence-electron chi connectivity index (χ0n) is 19.7. The molecule has 12 heteroatoms. The van der Waals surface area contributed by atoms with Crippen molar-refractivity contribution < 1.29 is 18.0 Å². The molecule has 0 heterocycles. The molecule has 2 aromatic rings. The average Bonchev–Trinajstić information content (AvgIpc) is 2.78. The highest BCUT2D eigenvalue weighted by Gasteiger charge is 2.30. The van der Waals surface area contributed by atoms with Gasteiger partial charge in [0.15, 0.2) is 0 Å². The molecule has 2 atom stereocenters. The minimum atomic E-state index is -3.89. The first-order valence-corrected chi connectivity index (χ1v) is 14.1. The topological polar surface area (TPSA) is 86.8 Å². The number of hydrogen-bond acceptors (Lipinski definition) is 4. The lowest BCUT2D eigenvalue weighted by atomic mass is 10.1. The first-order valence-electron chi connectivity index (χ1n) is 10.7. The third kappa shape index (κ3) is 8.15. The van der Waals surface area contributed by atoms with Crippen LogP contribution in [0, 0.1) is 0 Å². The van der Waals surface area contributed by atoms with Crippen LogP contribution in [0.25, 0.3) is 0 Å². The predicted octanol–water partition coefficient (Wildman–Crippen LogP) is 5.40. The molecule has 35 heavy (non-hydrogen) atoms.